The Labute approximate surface area is 125 Å². The number of hydrogen-bond acceptors (Lipinski definition) is 5. The van der Waals surface area contributed by atoms with Gasteiger partial charge in [-0.3, -0.25) is 9.69 Å². The summed E-state index contributed by atoms with van der Waals surface area (Å²) in [6.45, 7) is 2.77. The Kier molecular flexibility index (Phi) is 5.02. The lowest BCUT2D eigenvalue weighted by molar-refractivity contribution is -0.132. The predicted molar refractivity (Wildman–Crippen MR) is 78.0 cm³/mol. The Morgan fingerprint density at radius 1 is 1.33 bits per heavy atom. The zero-order valence-corrected chi connectivity index (χ0v) is 13.2. The number of amides is 1. The molecule has 0 N–H and O–H groups in total. The molecule has 21 heavy (non-hydrogen) atoms. The van der Waals surface area contributed by atoms with Crippen LogP contribution < -0.4 is 0 Å². The van der Waals surface area contributed by atoms with Crippen molar-refractivity contribution in [3.8, 4) is 0 Å². The molecule has 1 fully saturated rings. The quantitative estimate of drug-likeness (QED) is 0.753. The fraction of sp³-hybridized carbons (Fsp3) is 0.615. The number of hydrogen-bond donors (Lipinski definition) is 0. The average molecular weight is 315 g/mol. The van der Waals surface area contributed by atoms with Crippen LogP contribution in [0.4, 0.5) is 0 Å². The molecule has 0 bridgehead atoms. The van der Waals surface area contributed by atoms with Crippen LogP contribution in [0.3, 0.4) is 0 Å². The number of carbonyl (C=O) groups is 1. The van der Waals surface area contributed by atoms with Gasteiger partial charge < -0.3 is 9.32 Å². The van der Waals surface area contributed by atoms with Gasteiger partial charge in [-0.1, -0.05) is 0 Å². The Balaban J connectivity index is 1.79. The maximum atomic E-state index is 12.1. The van der Waals surface area contributed by atoms with E-state index in [9.17, 15) is 13.2 Å². The summed E-state index contributed by atoms with van der Waals surface area (Å²) < 4.78 is 29.5. The van der Waals surface area contributed by atoms with Crippen LogP contribution in [-0.4, -0.2) is 74.5 Å². The molecule has 2 heterocycles. The molecule has 0 aromatic carbocycles. The Bertz CT molecular complexity index is 562. The minimum absolute atomic E-state index is 0.000736. The number of furan rings is 1. The molecule has 1 aromatic heterocycles. The number of rotatable bonds is 5. The van der Waals surface area contributed by atoms with E-state index in [2.05, 4.69) is 0 Å². The predicted octanol–water partition coefficient (Wildman–Crippen LogP) is -0.185. The molecule has 1 amide bonds. The minimum atomic E-state index is -3.13. The highest BCUT2D eigenvalue weighted by Gasteiger charge is 2.25. The van der Waals surface area contributed by atoms with Crippen molar-refractivity contribution in [2.75, 3.05) is 46.0 Å². The van der Waals surface area contributed by atoms with Crippen molar-refractivity contribution in [1.29, 1.82) is 0 Å². The number of sulfonamides is 1. The Morgan fingerprint density at radius 2 is 2.00 bits per heavy atom. The molecule has 0 saturated carbocycles. The normalized spacial score (nSPS) is 17.8. The van der Waals surface area contributed by atoms with Crippen LogP contribution in [0.25, 0.3) is 0 Å². The van der Waals surface area contributed by atoms with E-state index < -0.39 is 10.0 Å². The molecule has 0 aliphatic carbocycles. The summed E-state index contributed by atoms with van der Waals surface area (Å²) in [7, 11) is -1.40. The lowest BCUT2D eigenvalue weighted by atomic mass is 10.3. The number of carbonyl (C=O) groups excluding carboxylic acids is 1. The van der Waals surface area contributed by atoms with Crippen molar-refractivity contribution in [2.24, 2.45) is 0 Å². The molecule has 1 aliphatic rings. The van der Waals surface area contributed by atoms with Crippen LogP contribution in [0.15, 0.2) is 22.8 Å². The van der Waals surface area contributed by atoms with Gasteiger partial charge in [0.25, 0.3) is 0 Å². The Morgan fingerprint density at radius 3 is 2.52 bits per heavy atom. The second-order valence-electron chi connectivity index (χ2n) is 5.27. The first-order valence-corrected chi connectivity index (χ1v) is 8.65. The highest BCUT2D eigenvalue weighted by Crippen LogP contribution is 2.08. The number of likely N-dealkylation sites (N-methyl/N-ethyl adjacent to an activating group) is 1. The smallest absolute Gasteiger partial charge is 0.236 e. The third kappa shape index (κ3) is 4.55. The maximum absolute atomic E-state index is 12.1. The summed E-state index contributed by atoms with van der Waals surface area (Å²) in [6, 6.07) is 3.62. The first-order chi connectivity index (χ1) is 9.86. The molecule has 1 aliphatic heterocycles. The highest BCUT2D eigenvalue weighted by molar-refractivity contribution is 7.88. The van der Waals surface area contributed by atoms with Crippen molar-refractivity contribution in [3.05, 3.63) is 24.2 Å². The van der Waals surface area contributed by atoms with E-state index in [0.29, 0.717) is 39.3 Å². The molecule has 0 spiro atoms. The van der Waals surface area contributed by atoms with Gasteiger partial charge >= 0.3 is 0 Å². The van der Waals surface area contributed by atoms with Crippen molar-refractivity contribution < 1.29 is 17.6 Å². The van der Waals surface area contributed by atoms with Gasteiger partial charge in [0.15, 0.2) is 0 Å². The molecule has 0 unspecified atom stereocenters. The minimum Gasteiger partial charge on any atom is -0.467 e. The van der Waals surface area contributed by atoms with E-state index in [4.69, 9.17) is 4.42 Å². The maximum Gasteiger partial charge on any atom is 0.236 e. The largest absolute Gasteiger partial charge is 0.467 e. The van der Waals surface area contributed by atoms with E-state index in [1.807, 2.05) is 11.0 Å². The number of nitrogens with zero attached hydrogens (tertiary/aromatic N) is 3. The summed E-state index contributed by atoms with van der Waals surface area (Å²) in [5, 5.41) is 0. The van der Waals surface area contributed by atoms with Crippen LogP contribution >= 0.6 is 0 Å². The van der Waals surface area contributed by atoms with E-state index in [1.54, 1.807) is 24.3 Å². The standard InChI is InChI=1S/C13H21N3O4S/c1-14(10-12-4-3-9-20-12)13(17)11-15-5-7-16(8-6-15)21(2,18)19/h3-4,9H,5-8,10-11H2,1-2H3. The average Bonchev–Trinajstić information content (AvgIpc) is 2.91. The lowest BCUT2D eigenvalue weighted by Crippen LogP contribution is -2.50. The van der Waals surface area contributed by atoms with Gasteiger partial charge in [0.1, 0.15) is 5.76 Å². The first-order valence-electron chi connectivity index (χ1n) is 6.80. The first kappa shape index (κ1) is 16.0. The lowest BCUT2D eigenvalue weighted by Gasteiger charge is -2.33. The van der Waals surface area contributed by atoms with Gasteiger partial charge in [0.05, 0.1) is 25.6 Å². The highest BCUT2D eigenvalue weighted by atomic mass is 32.2. The van der Waals surface area contributed by atoms with Gasteiger partial charge in [0, 0.05) is 33.2 Å². The molecule has 7 nitrogen and oxygen atoms in total. The summed E-state index contributed by atoms with van der Waals surface area (Å²) in [6.07, 6.45) is 2.79. The molecular formula is C13H21N3O4S. The van der Waals surface area contributed by atoms with Crippen molar-refractivity contribution in [3.63, 3.8) is 0 Å². The van der Waals surface area contributed by atoms with Crippen LogP contribution in [0.5, 0.6) is 0 Å². The molecule has 0 radical (unpaired) electrons. The molecule has 0 atom stereocenters. The molecule has 1 saturated heterocycles. The van der Waals surface area contributed by atoms with Crippen LogP contribution in [-0.2, 0) is 21.4 Å². The zero-order valence-electron chi connectivity index (χ0n) is 12.4. The summed E-state index contributed by atoms with van der Waals surface area (Å²) >= 11 is 0. The van der Waals surface area contributed by atoms with Crippen molar-refractivity contribution >= 4 is 15.9 Å². The summed E-state index contributed by atoms with van der Waals surface area (Å²) in [5.41, 5.74) is 0. The second-order valence-corrected chi connectivity index (χ2v) is 7.25. The fourth-order valence-electron chi connectivity index (χ4n) is 2.26. The van der Waals surface area contributed by atoms with Crippen molar-refractivity contribution in [1.82, 2.24) is 14.1 Å². The van der Waals surface area contributed by atoms with Crippen molar-refractivity contribution in [2.45, 2.75) is 6.54 Å². The van der Waals surface area contributed by atoms with E-state index in [1.165, 1.54) is 10.6 Å². The molecular weight excluding hydrogens is 294 g/mol. The summed E-state index contributed by atoms with van der Waals surface area (Å²) in [5.74, 6) is 0.743. The van der Waals surface area contributed by atoms with Gasteiger partial charge in [-0.15, -0.1) is 0 Å². The summed E-state index contributed by atoms with van der Waals surface area (Å²) in [4.78, 5) is 15.7. The zero-order chi connectivity index (χ0) is 15.5. The molecule has 2 rings (SSSR count). The monoisotopic (exact) mass is 315 g/mol. The molecule has 8 heteroatoms. The molecule has 1 aromatic rings. The van der Waals surface area contributed by atoms with Crippen LogP contribution in [0.1, 0.15) is 5.76 Å². The van der Waals surface area contributed by atoms with Crippen LogP contribution in [0, 0.1) is 0 Å². The SMILES string of the molecule is CN(Cc1ccco1)C(=O)CN1CCN(S(C)(=O)=O)CC1. The van der Waals surface area contributed by atoms with Gasteiger partial charge in [-0.25, -0.2) is 8.42 Å². The van der Waals surface area contributed by atoms with Gasteiger partial charge in [0.2, 0.25) is 15.9 Å². The van der Waals surface area contributed by atoms with Crippen LogP contribution in [0.2, 0.25) is 0 Å². The van der Waals surface area contributed by atoms with E-state index >= 15 is 0 Å². The van der Waals surface area contributed by atoms with E-state index in [0.717, 1.165) is 5.76 Å². The Hall–Kier alpha value is -1.38. The molecule has 118 valence electrons. The second kappa shape index (κ2) is 6.59. The third-order valence-electron chi connectivity index (χ3n) is 3.56. The van der Waals surface area contributed by atoms with Gasteiger partial charge in [-0.05, 0) is 12.1 Å². The fourth-order valence-corrected chi connectivity index (χ4v) is 3.08. The van der Waals surface area contributed by atoms with E-state index in [-0.39, 0.29) is 5.91 Å². The van der Waals surface area contributed by atoms with Gasteiger partial charge in [-0.2, -0.15) is 4.31 Å². The number of piperazine rings is 1. The third-order valence-corrected chi connectivity index (χ3v) is 4.86. The topological polar surface area (TPSA) is 74.1 Å².